The Morgan fingerprint density at radius 1 is 1.28 bits per heavy atom. The molecule has 0 aliphatic heterocycles. The van der Waals surface area contributed by atoms with Gasteiger partial charge in [-0.2, -0.15) is 0 Å². The van der Waals surface area contributed by atoms with E-state index in [0.717, 1.165) is 5.56 Å². The second-order valence-electron chi connectivity index (χ2n) is 6.43. The molecule has 0 amide bonds. The maximum atomic E-state index is 12.4. The minimum Gasteiger partial charge on any atom is -0.384 e. The largest absolute Gasteiger partial charge is 0.384 e. The monoisotopic (exact) mass is 339 g/mol. The van der Waals surface area contributed by atoms with E-state index in [1.807, 2.05) is 13.0 Å². The van der Waals surface area contributed by atoms with Crippen LogP contribution in [0, 0.1) is 0 Å². The highest BCUT2D eigenvalue weighted by molar-refractivity contribution is 5.91. The first-order valence-electron chi connectivity index (χ1n) is 8.10. The van der Waals surface area contributed by atoms with Crippen molar-refractivity contribution in [2.24, 2.45) is 7.05 Å². The first kappa shape index (κ1) is 17.0. The van der Waals surface area contributed by atoms with Crippen molar-refractivity contribution in [3.8, 4) is 11.3 Å². The average Bonchev–Trinajstić information content (AvgIpc) is 2.57. The highest BCUT2D eigenvalue weighted by atomic mass is 16.3. The molecule has 0 aliphatic carbocycles. The van der Waals surface area contributed by atoms with Gasteiger partial charge in [0.25, 0.3) is 5.56 Å². The summed E-state index contributed by atoms with van der Waals surface area (Å²) >= 11 is 0. The number of hydrogen-bond donors (Lipinski definition) is 2. The topological polar surface area (TPSA) is 92.9 Å². The number of pyridine rings is 2. The van der Waals surface area contributed by atoms with E-state index in [2.05, 4.69) is 20.3 Å². The number of nitrogens with one attached hydrogen (secondary N) is 1. The predicted molar refractivity (Wildman–Crippen MR) is 97.4 cm³/mol. The third-order valence-corrected chi connectivity index (χ3v) is 3.93. The fourth-order valence-electron chi connectivity index (χ4n) is 2.57. The summed E-state index contributed by atoms with van der Waals surface area (Å²) < 4.78 is 1.43. The molecule has 0 aliphatic rings. The van der Waals surface area contributed by atoms with Gasteiger partial charge in [0.1, 0.15) is 16.8 Å². The molecular formula is C18H21N5O2. The van der Waals surface area contributed by atoms with Crippen LogP contribution >= 0.6 is 0 Å². The number of rotatable bonds is 4. The number of anilines is 1. The SMILES string of the molecule is CCNc1nc(-c2ccc(C(C)(C)O)nc2)cc2ncn(C)c(=O)c12. The third-order valence-electron chi connectivity index (χ3n) is 3.93. The van der Waals surface area contributed by atoms with Crippen LogP contribution < -0.4 is 10.9 Å². The van der Waals surface area contributed by atoms with E-state index in [0.29, 0.717) is 34.7 Å². The minimum absolute atomic E-state index is 0.143. The van der Waals surface area contributed by atoms with E-state index in [4.69, 9.17) is 0 Å². The number of fused-ring (bicyclic) bond motifs is 1. The molecule has 0 aromatic carbocycles. The molecule has 3 rings (SSSR count). The predicted octanol–water partition coefficient (Wildman–Crippen LogP) is 2.05. The Morgan fingerprint density at radius 2 is 2.04 bits per heavy atom. The van der Waals surface area contributed by atoms with Gasteiger partial charge in [-0.05, 0) is 39.0 Å². The van der Waals surface area contributed by atoms with Crippen LogP contribution in [0.15, 0.2) is 35.5 Å². The number of nitrogens with zero attached hydrogens (tertiary/aromatic N) is 4. The summed E-state index contributed by atoms with van der Waals surface area (Å²) in [4.78, 5) is 25.7. The highest BCUT2D eigenvalue weighted by Gasteiger charge is 2.18. The number of hydrogen-bond acceptors (Lipinski definition) is 6. The second-order valence-corrected chi connectivity index (χ2v) is 6.43. The summed E-state index contributed by atoms with van der Waals surface area (Å²) in [5.74, 6) is 0.510. The second kappa shape index (κ2) is 6.25. The zero-order chi connectivity index (χ0) is 18.2. The van der Waals surface area contributed by atoms with Crippen LogP contribution in [0.25, 0.3) is 22.2 Å². The number of aryl methyl sites for hydroxylation is 1. The van der Waals surface area contributed by atoms with Gasteiger partial charge in [0.15, 0.2) is 0 Å². The van der Waals surface area contributed by atoms with Crippen molar-refractivity contribution in [2.75, 3.05) is 11.9 Å². The van der Waals surface area contributed by atoms with Crippen LogP contribution in [0.5, 0.6) is 0 Å². The van der Waals surface area contributed by atoms with Gasteiger partial charge in [0.05, 0.1) is 23.2 Å². The van der Waals surface area contributed by atoms with Gasteiger partial charge in [0.2, 0.25) is 0 Å². The first-order valence-corrected chi connectivity index (χ1v) is 8.10. The Bertz CT molecular complexity index is 972. The molecule has 3 heterocycles. The molecule has 25 heavy (non-hydrogen) atoms. The summed E-state index contributed by atoms with van der Waals surface area (Å²) in [6, 6.07) is 5.40. The van der Waals surface area contributed by atoms with Crippen molar-refractivity contribution in [3.63, 3.8) is 0 Å². The van der Waals surface area contributed by atoms with Crippen molar-refractivity contribution >= 4 is 16.7 Å². The standard InChI is InChI=1S/C18H21N5O2/c1-5-19-16-15-13(21-10-23(4)17(15)24)8-12(22-16)11-6-7-14(20-9-11)18(2,3)25/h6-10,25H,5H2,1-4H3,(H,19,22). The molecule has 130 valence electrons. The Balaban J connectivity index is 2.17. The van der Waals surface area contributed by atoms with Gasteiger partial charge in [-0.1, -0.05) is 0 Å². The van der Waals surface area contributed by atoms with Crippen molar-refractivity contribution < 1.29 is 5.11 Å². The molecule has 0 saturated carbocycles. The summed E-state index contributed by atoms with van der Waals surface area (Å²) in [5, 5.41) is 13.6. The fraction of sp³-hybridized carbons (Fsp3) is 0.333. The van der Waals surface area contributed by atoms with Gasteiger partial charge in [-0.25, -0.2) is 9.97 Å². The molecule has 0 bridgehead atoms. The van der Waals surface area contributed by atoms with Crippen LogP contribution in [-0.2, 0) is 12.6 Å². The van der Waals surface area contributed by atoms with Crippen molar-refractivity contribution in [1.29, 1.82) is 0 Å². The zero-order valence-electron chi connectivity index (χ0n) is 14.7. The molecule has 7 nitrogen and oxygen atoms in total. The average molecular weight is 339 g/mol. The van der Waals surface area contributed by atoms with Crippen LogP contribution in [0.2, 0.25) is 0 Å². The lowest BCUT2D eigenvalue weighted by molar-refractivity contribution is 0.0739. The maximum Gasteiger partial charge on any atom is 0.264 e. The number of aliphatic hydroxyl groups is 1. The molecule has 0 radical (unpaired) electrons. The lowest BCUT2D eigenvalue weighted by Crippen LogP contribution is -2.19. The van der Waals surface area contributed by atoms with Gasteiger partial charge in [-0.3, -0.25) is 9.78 Å². The first-order chi connectivity index (χ1) is 11.8. The summed E-state index contributed by atoms with van der Waals surface area (Å²) in [6.07, 6.45) is 3.16. The summed E-state index contributed by atoms with van der Waals surface area (Å²) in [5.41, 5.74) is 1.47. The van der Waals surface area contributed by atoms with Gasteiger partial charge in [0, 0.05) is 25.4 Å². The molecular weight excluding hydrogens is 318 g/mol. The van der Waals surface area contributed by atoms with Crippen LogP contribution in [0.3, 0.4) is 0 Å². The van der Waals surface area contributed by atoms with Crippen LogP contribution in [-0.4, -0.2) is 31.2 Å². The maximum absolute atomic E-state index is 12.4. The van der Waals surface area contributed by atoms with Crippen molar-refractivity contribution in [3.05, 3.63) is 46.8 Å². The number of aromatic nitrogens is 4. The lowest BCUT2D eigenvalue weighted by Gasteiger charge is -2.16. The van der Waals surface area contributed by atoms with Crippen LogP contribution in [0.1, 0.15) is 26.5 Å². The summed E-state index contributed by atoms with van der Waals surface area (Å²) in [6.45, 7) is 5.96. The van der Waals surface area contributed by atoms with E-state index in [9.17, 15) is 9.90 Å². The zero-order valence-corrected chi connectivity index (χ0v) is 14.7. The Hall–Kier alpha value is -2.80. The van der Waals surface area contributed by atoms with Gasteiger partial charge in [-0.15, -0.1) is 0 Å². The van der Waals surface area contributed by atoms with E-state index >= 15 is 0 Å². The molecule has 3 aromatic heterocycles. The molecule has 0 saturated heterocycles. The Kier molecular flexibility index (Phi) is 4.26. The van der Waals surface area contributed by atoms with Gasteiger partial charge >= 0.3 is 0 Å². The minimum atomic E-state index is -1.00. The summed E-state index contributed by atoms with van der Waals surface area (Å²) in [7, 11) is 1.66. The van der Waals surface area contributed by atoms with Crippen molar-refractivity contribution in [2.45, 2.75) is 26.4 Å². The normalized spacial score (nSPS) is 11.7. The van der Waals surface area contributed by atoms with E-state index in [-0.39, 0.29) is 5.56 Å². The third kappa shape index (κ3) is 3.23. The highest BCUT2D eigenvalue weighted by Crippen LogP contribution is 2.26. The van der Waals surface area contributed by atoms with Crippen molar-refractivity contribution in [1.82, 2.24) is 19.5 Å². The molecule has 0 fully saturated rings. The molecule has 7 heteroatoms. The smallest absolute Gasteiger partial charge is 0.264 e. The van der Waals surface area contributed by atoms with E-state index < -0.39 is 5.60 Å². The van der Waals surface area contributed by atoms with E-state index in [1.165, 1.54) is 10.9 Å². The molecule has 0 unspecified atom stereocenters. The Labute approximate surface area is 145 Å². The molecule has 2 N–H and O–H groups in total. The van der Waals surface area contributed by atoms with Gasteiger partial charge < -0.3 is 15.0 Å². The Morgan fingerprint density at radius 3 is 2.64 bits per heavy atom. The molecule has 0 spiro atoms. The van der Waals surface area contributed by atoms with Crippen LogP contribution in [0.4, 0.5) is 5.82 Å². The lowest BCUT2D eigenvalue weighted by atomic mass is 10.0. The fourth-order valence-corrected chi connectivity index (χ4v) is 2.57. The molecule has 3 aromatic rings. The quantitative estimate of drug-likeness (QED) is 0.756. The van der Waals surface area contributed by atoms with E-state index in [1.54, 1.807) is 39.2 Å². The molecule has 0 atom stereocenters.